The van der Waals surface area contributed by atoms with Crippen LogP contribution >= 0.6 is 0 Å². The standard InChI is InChI=1S/C51H33N/c1-3-17-34(18-4-1)37-22-13-16-30-47(37)52(36-20-5-2-6-21-36)48-33-46-49(42-27-10-9-26-41(42)48)43-32-31-35-19-7-8-23-38(35)50(43)51(46)44-28-14-11-24-39(44)40-25-12-15-29-45(40)51/h1-33H. The molecule has 1 spiro atoms. The number of benzene rings is 9. The maximum Gasteiger partial charge on any atom is 0.0732 e. The minimum atomic E-state index is -0.501. The average Bonchev–Trinajstić information content (AvgIpc) is 3.69. The van der Waals surface area contributed by atoms with E-state index in [9.17, 15) is 0 Å². The SMILES string of the molecule is c1ccc(-c2ccccc2N(c2ccccc2)c2cc3c(c4ccccc24)-c2ccc4ccccc4c2C32c3ccccc3-c3ccccc32)cc1. The van der Waals surface area contributed by atoms with Gasteiger partial charge in [-0.1, -0.05) is 176 Å². The molecule has 0 aliphatic heterocycles. The summed E-state index contributed by atoms with van der Waals surface area (Å²) < 4.78 is 0. The van der Waals surface area contributed by atoms with Crippen molar-refractivity contribution in [1.29, 1.82) is 0 Å². The van der Waals surface area contributed by atoms with Gasteiger partial charge in [-0.15, -0.1) is 0 Å². The molecule has 2 aliphatic rings. The second-order valence-electron chi connectivity index (χ2n) is 14.0. The molecule has 0 bridgehead atoms. The molecule has 0 radical (unpaired) electrons. The van der Waals surface area contributed by atoms with Crippen LogP contribution in [0, 0.1) is 0 Å². The van der Waals surface area contributed by atoms with E-state index in [2.05, 4.69) is 205 Å². The Morgan fingerprint density at radius 3 is 1.63 bits per heavy atom. The summed E-state index contributed by atoms with van der Waals surface area (Å²) in [5.41, 5.74) is 16.0. The van der Waals surface area contributed by atoms with E-state index < -0.39 is 5.41 Å². The van der Waals surface area contributed by atoms with Gasteiger partial charge in [-0.05, 0) is 90.5 Å². The lowest BCUT2D eigenvalue weighted by atomic mass is 9.69. The first-order chi connectivity index (χ1) is 25.8. The molecule has 0 saturated carbocycles. The molecule has 2 aliphatic carbocycles. The summed E-state index contributed by atoms with van der Waals surface area (Å²) in [5.74, 6) is 0. The summed E-state index contributed by atoms with van der Waals surface area (Å²) in [5, 5.41) is 5.07. The van der Waals surface area contributed by atoms with Gasteiger partial charge in [-0.3, -0.25) is 0 Å². The van der Waals surface area contributed by atoms with Crippen LogP contribution in [0.3, 0.4) is 0 Å². The Labute approximate surface area is 303 Å². The molecule has 242 valence electrons. The van der Waals surface area contributed by atoms with Crippen LogP contribution in [0.15, 0.2) is 200 Å². The average molecular weight is 660 g/mol. The van der Waals surface area contributed by atoms with E-state index in [1.54, 1.807) is 0 Å². The summed E-state index contributed by atoms with van der Waals surface area (Å²) >= 11 is 0. The fraction of sp³-hybridized carbons (Fsp3) is 0.0196. The van der Waals surface area contributed by atoms with Gasteiger partial charge in [0.2, 0.25) is 0 Å². The molecule has 1 heteroatoms. The minimum Gasteiger partial charge on any atom is -0.309 e. The van der Waals surface area contributed by atoms with Gasteiger partial charge in [-0.2, -0.15) is 0 Å². The fourth-order valence-corrected chi connectivity index (χ4v) is 9.46. The second kappa shape index (κ2) is 11.2. The highest BCUT2D eigenvalue weighted by Gasteiger charge is 2.53. The zero-order chi connectivity index (χ0) is 34.2. The van der Waals surface area contributed by atoms with E-state index in [1.807, 2.05) is 0 Å². The predicted molar refractivity (Wildman–Crippen MR) is 218 cm³/mol. The monoisotopic (exact) mass is 659 g/mol. The van der Waals surface area contributed by atoms with Crippen LogP contribution in [0.25, 0.3) is 54.9 Å². The minimum absolute atomic E-state index is 0.501. The van der Waals surface area contributed by atoms with Crippen molar-refractivity contribution >= 4 is 38.6 Å². The van der Waals surface area contributed by atoms with Crippen molar-refractivity contribution in [1.82, 2.24) is 0 Å². The molecule has 1 nitrogen and oxygen atoms in total. The van der Waals surface area contributed by atoms with Crippen LogP contribution in [0.5, 0.6) is 0 Å². The van der Waals surface area contributed by atoms with Crippen molar-refractivity contribution in [3.63, 3.8) is 0 Å². The highest BCUT2D eigenvalue weighted by molar-refractivity contribution is 6.15. The Hall–Kier alpha value is -6.70. The topological polar surface area (TPSA) is 3.24 Å². The highest BCUT2D eigenvalue weighted by atomic mass is 15.1. The third kappa shape index (κ3) is 3.88. The van der Waals surface area contributed by atoms with Gasteiger partial charge in [0, 0.05) is 16.6 Å². The van der Waals surface area contributed by atoms with Crippen molar-refractivity contribution in [3.8, 4) is 33.4 Å². The van der Waals surface area contributed by atoms with Gasteiger partial charge in [-0.25, -0.2) is 0 Å². The van der Waals surface area contributed by atoms with E-state index in [0.29, 0.717) is 0 Å². The fourth-order valence-electron chi connectivity index (χ4n) is 9.46. The highest BCUT2D eigenvalue weighted by Crippen LogP contribution is 2.66. The van der Waals surface area contributed by atoms with E-state index in [4.69, 9.17) is 0 Å². The van der Waals surface area contributed by atoms with Gasteiger partial charge in [0.1, 0.15) is 0 Å². The summed E-state index contributed by atoms with van der Waals surface area (Å²) in [7, 11) is 0. The van der Waals surface area contributed by atoms with E-state index in [-0.39, 0.29) is 0 Å². The van der Waals surface area contributed by atoms with Crippen molar-refractivity contribution in [3.05, 3.63) is 222 Å². The quantitative estimate of drug-likeness (QED) is 0.182. The molecule has 0 N–H and O–H groups in total. The molecule has 9 aromatic carbocycles. The second-order valence-corrected chi connectivity index (χ2v) is 14.0. The molecule has 0 aromatic heterocycles. The maximum atomic E-state index is 2.54. The molecule has 52 heavy (non-hydrogen) atoms. The largest absolute Gasteiger partial charge is 0.309 e. The third-order valence-corrected chi connectivity index (χ3v) is 11.4. The van der Waals surface area contributed by atoms with Crippen LogP contribution in [0.1, 0.15) is 22.3 Å². The molecule has 0 saturated heterocycles. The zero-order valence-electron chi connectivity index (χ0n) is 28.5. The first-order valence-electron chi connectivity index (χ1n) is 18.1. The van der Waals surface area contributed by atoms with Gasteiger partial charge in [0.05, 0.1) is 16.8 Å². The Morgan fingerprint density at radius 1 is 0.346 bits per heavy atom. The molecular weight excluding hydrogens is 627 g/mol. The third-order valence-electron chi connectivity index (χ3n) is 11.4. The summed E-state index contributed by atoms with van der Waals surface area (Å²) in [6.07, 6.45) is 0. The lowest BCUT2D eigenvalue weighted by Gasteiger charge is -2.34. The molecule has 0 amide bonds. The number of nitrogens with zero attached hydrogens (tertiary/aromatic N) is 1. The molecular formula is C51H33N. The lowest BCUT2D eigenvalue weighted by molar-refractivity contribution is 0.802. The zero-order valence-corrected chi connectivity index (χ0v) is 28.5. The molecule has 0 atom stereocenters. The van der Waals surface area contributed by atoms with Crippen LogP contribution in [-0.2, 0) is 5.41 Å². The Kier molecular flexibility index (Phi) is 6.23. The van der Waals surface area contributed by atoms with Crippen LogP contribution in [0.4, 0.5) is 17.1 Å². The summed E-state index contributed by atoms with van der Waals surface area (Å²) in [6.45, 7) is 0. The van der Waals surface area contributed by atoms with Gasteiger partial charge in [0.25, 0.3) is 0 Å². The molecule has 0 heterocycles. The van der Waals surface area contributed by atoms with E-state index >= 15 is 0 Å². The Bertz CT molecular complexity index is 2800. The van der Waals surface area contributed by atoms with Crippen molar-refractivity contribution in [2.24, 2.45) is 0 Å². The predicted octanol–water partition coefficient (Wildman–Crippen LogP) is 13.5. The normalized spacial score (nSPS) is 13.2. The molecule has 0 unspecified atom stereocenters. The lowest BCUT2D eigenvalue weighted by Crippen LogP contribution is -2.26. The van der Waals surface area contributed by atoms with Crippen molar-refractivity contribution < 1.29 is 0 Å². The Morgan fingerprint density at radius 2 is 0.904 bits per heavy atom. The van der Waals surface area contributed by atoms with Crippen molar-refractivity contribution in [2.75, 3.05) is 4.90 Å². The molecule has 0 fully saturated rings. The summed E-state index contributed by atoms with van der Waals surface area (Å²) in [6, 6.07) is 74.0. The first kappa shape index (κ1) is 29.1. The Balaban J connectivity index is 1.32. The smallest absolute Gasteiger partial charge is 0.0732 e. The van der Waals surface area contributed by atoms with Gasteiger partial charge in [0.15, 0.2) is 0 Å². The number of rotatable bonds is 4. The number of hydrogen-bond donors (Lipinski definition) is 0. The first-order valence-corrected chi connectivity index (χ1v) is 18.1. The molecule has 9 aromatic rings. The molecule has 11 rings (SSSR count). The number of anilines is 3. The van der Waals surface area contributed by atoms with Crippen LogP contribution in [-0.4, -0.2) is 0 Å². The van der Waals surface area contributed by atoms with Crippen molar-refractivity contribution in [2.45, 2.75) is 5.41 Å². The number of para-hydroxylation sites is 2. The van der Waals surface area contributed by atoms with Gasteiger partial charge >= 0.3 is 0 Å². The van der Waals surface area contributed by atoms with E-state index in [0.717, 1.165) is 11.4 Å². The van der Waals surface area contributed by atoms with E-state index in [1.165, 1.54) is 82.9 Å². The van der Waals surface area contributed by atoms with Crippen LogP contribution < -0.4 is 4.90 Å². The van der Waals surface area contributed by atoms with Gasteiger partial charge < -0.3 is 4.90 Å². The number of hydrogen-bond acceptors (Lipinski definition) is 1. The maximum absolute atomic E-state index is 2.54. The summed E-state index contributed by atoms with van der Waals surface area (Å²) in [4.78, 5) is 2.49. The van der Waals surface area contributed by atoms with Crippen LogP contribution in [0.2, 0.25) is 0 Å². The number of fused-ring (bicyclic) bond motifs is 14.